The number of hydrogen-bond donors (Lipinski definition) is 0. The number of allylic oxidation sites excluding steroid dienone is 1. The van der Waals surface area contributed by atoms with Crippen molar-refractivity contribution in [1.82, 2.24) is 0 Å². The van der Waals surface area contributed by atoms with Crippen LogP contribution in [0.15, 0.2) is 24.8 Å². The summed E-state index contributed by atoms with van der Waals surface area (Å²) >= 11 is 0. The smallest absolute Gasteiger partial charge is 0.330 e. The molecule has 2 heteroatoms. The zero-order valence-electron chi connectivity index (χ0n) is 9.71. The summed E-state index contributed by atoms with van der Waals surface area (Å²) in [7, 11) is 0. The van der Waals surface area contributed by atoms with Gasteiger partial charge >= 0.3 is 5.97 Å². The van der Waals surface area contributed by atoms with Crippen molar-refractivity contribution < 1.29 is 9.53 Å². The molecule has 0 spiro atoms. The van der Waals surface area contributed by atoms with Crippen LogP contribution in [0.4, 0.5) is 0 Å². The van der Waals surface area contributed by atoms with E-state index in [9.17, 15) is 4.79 Å². The molecular formula is C13H22O2. The maximum atomic E-state index is 10.7. The average molecular weight is 210 g/mol. The second-order valence-corrected chi connectivity index (χ2v) is 3.48. The van der Waals surface area contributed by atoms with E-state index in [1.807, 2.05) is 0 Å². The van der Waals surface area contributed by atoms with Gasteiger partial charge in [0.1, 0.15) is 0 Å². The van der Waals surface area contributed by atoms with Gasteiger partial charge in [0.2, 0.25) is 0 Å². The Balaban J connectivity index is 3.17. The summed E-state index contributed by atoms with van der Waals surface area (Å²) < 4.78 is 4.83. The zero-order valence-corrected chi connectivity index (χ0v) is 9.71. The SMILES string of the molecule is C=CC(=O)OCC/C=C/CCCCCC. The summed E-state index contributed by atoms with van der Waals surface area (Å²) in [6.45, 7) is 5.99. The lowest BCUT2D eigenvalue weighted by atomic mass is 10.1. The van der Waals surface area contributed by atoms with Crippen molar-refractivity contribution in [3.05, 3.63) is 24.8 Å². The van der Waals surface area contributed by atoms with Gasteiger partial charge in [0.15, 0.2) is 0 Å². The molecule has 0 unspecified atom stereocenters. The lowest BCUT2D eigenvalue weighted by Gasteiger charge is -1.97. The van der Waals surface area contributed by atoms with Crippen molar-refractivity contribution >= 4 is 5.97 Å². The minimum atomic E-state index is -0.341. The molecule has 86 valence electrons. The molecule has 0 fully saturated rings. The van der Waals surface area contributed by atoms with E-state index in [-0.39, 0.29) is 5.97 Å². The van der Waals surface area contributed by atoms with E-state index >= 15 is 0 Å². The highest BCUT2D eigenvalue weighted by Gasteiger charge is 1.91. The van der Waals surface area contributed by atoms with E-state index in [1.165, 1.54) is 31.8 Å². The molecule has 0 amide bonds. The fourth-order valence-corrected chi connectivity index (χ4v) is 1.21. The van der Waals surface area contributed by atoms with Gasteiger partial charge in [0.25, 0.3) is 0 Å². The quantitative estimate of drug-likeness (QED) is 0.251. The van der Waals surface area contributed by atoms with Crippen molar-refractivity contribution in [2.45, 2.75) is 45.4 Å². The molecule has 0 aromatic carbocycles. The minimum Gasteiger partial charge on any atom is -0.462 e. The number of carbonyl (C=O) groups is 1. The number of esters is 1. The van der Waals surface area contributed by atoms with Crippen molar-refractivity contribution in [2.24, 2.45) is 0 Å². The molecule has 0 bridgehead atoms. The van der Waals surface area contributed by atoms with E-state index in [4.69, 9.17) is 4.74 Å². The first-order valence-electron chi connectivity index (χ1n) is 5.75. The van der Waals surface area contributed by atoms with Gasteiger partial charge in [-0.05, 0) is 19.3 Å². The normalized spacial score (nSPS) is 10.5. The summed E-state index contributed by atoms with van der Waals surface area (Å²) in [6, 6.07) is 0. The van der Waals surface area contributed by atoms with Gasteiger partial charge in [-0.1, -0.05) is 44.9 Å². The van der Waals surface area contributed by atoms with Crippen molar-refractivity contribution in [1.29, 1.82) is 0 Å². The van der Waals surface area contributed by atoms with Crippen LogP contribution in [0, 0.1) is 0 Å². The molecule has 0 aromatic rings. The molecule has 15 heavy (non-hydrogen) atoms. The molecule has 0 atom stereocenters. The average Bonchev–Trinajstić information content (AvgIpc) is 2.26. The third-order valence-corrected chi connectivity index (χ3v) is 2.09. The summed E-state index contributed by atoms with van der Waals surface area (Å²) in [6.07, 6.45) is 12.5. The predicted molar refractivity (Wildman–Crippen MR) is 63.7 cm³/mol. The summed E-state index contributed by atoms with van der Waals surface area (Å²) in [5, 5.41) is 0. The molecule has 0 rings (SSSR count). The van der Waals surface area contributed by atoms with Crippen molar-refractivity contribution in [3.8, 4) is 0 Å². The van der Waals surface area contributed by atoms with E-state index in [2.05, 4.69) is 25.7 Å². The van der Waals surface area contributed by atoms with Gasteiger partial charge in [-0.3, -0.25) is 0 Å². The third kappa shape index (κ3) is 10.9. The van der Waals surface area contributed by atoms with Gasteiger partial charge in [-0.2, -0.15) is 0 Å². The van der Waals surface area contributed by atoms with Gasteiger partial charge in [-0.25, -0.2) is 4.79 Å². The van der Waals surface area contributed by atoms with Gasteiger partial charge in [-0.15, -0.1) is 0 Å². The summed E-state index contributed by atoms with van der Waals surface area (Å²) in [4.78, 5) is 10.7. The minimum absolute atomic E-state index is 0.341. The highest BCUT2D eigenvalue weighted by Crippen LogP contribution is 2.03. The molecule has 0 aliphatic heterocycles. The molecule has 0 aliphatic rings. The Morgan fingerprint density at radius 3 is 2.60 bits per heavy atom. The van der Waals surface area contributed by atoms with Gasteiger partial charge in [0, 0.05) is 6.08 Å². The second kappa shape index (κ2) is 11.0. The molecule has 0 saturated carbocycles. The number of carbonyl (C=O) groups excluding carboxylic acids is 1. The topological polar surface area (TPSA) is 26.3 Å². The number of unbranched alkanes of at least 4 members (excludes halogenated alkanes) is 4. The fraction of sp³-hybridized carbons (Fsp3) is 0.615. The maximum absolute atomic E-state index is 10.7. The Bertz CT molecular complexity index is 195. The Labute approximate surface area is 93.0 Å². The highest BCUT2D eigenvalue weighted by molar-refractivity contribution is 5.81. The van der Waals surface area contributed by atoms with E-state index in [0.29, 0.717) is 6.61 Å². The monoisotopic (exact) mass is 210 g/mol. The standard InChI is InChI=1S/C13H22O2/c1-3-5-6-7-8-9-10-11-12-15-13(14)4-2/h4,9-10H,2-3,5-8,11-12H2,1H3/b10-9+. The van der Waals surface area contributed by atoms with Crippen molar-refractivity contribution in [2.75, 3.05) is 6.61 Å². The van der Waals surface area contributed by atoms with E-state index < -0.39 is 0 Å². The molecule has 0 heterocycles. The van der Waals surface area contributed by atoms with Crippen LogP contribution in [-0.4, -0.2) is 12.6 Å². The van der Waals surface area contributed by atoms with Crippen LogP contribution < -0.4 is 0 Å². The van der Waals surface area contributed by atoms with Crippen LogP contribution in [0.1, 0.15) is 45.4 Å². The largest absolute Gasteiger partial charge is 0.462 e. The van der Waals surface area contributed by atoms with E-state index in [1.54, 1.807) is 0 Å². The molecular weight excluding hydrogens is 188 g/mol. The summed E-state index contributed by atoms with van der Waals surface area (Å²) in [5.41, 5.74) is 0. The number of ether oxygens (including phenoxy) is 1. The lowest BCUT2D eigenvalue weighted by Crippen LogP contribution is -2.00. The van der Waals surface area contributed by atoms with Crippen LogP contribution in [0.3, 0.4) is 0 Å². The van der Waals surface area contributed by atoms with Crippen LogP contribution >= 0.6 is 0 Å². The number of rotatable bonds is 9. The highest BCUT2D eigenvalue weighted by atomic mass is 16.5. The van der Waals surface area contributed by atoms with Crippen LogP contribution in [0.2, 0.25) is 0 Å². The van der Waals surface area contributed by atoms with Gasteiger partial charge < -0.3 is 4.74 Å². The van der Waals surface area contributed by atoms with E-state index in [0.717, 1.165) is 12.8 Å². The zero-order chi connectivity index (χ0) is 11.4. The van der Waals surface area contributed by atoms with Crippen LogP contribution in [0.25, 0.3) is 0 Å². The third-order valence-electron chi connectivity index (χ3n) is 2.09. The molecule has 0 N–H and O–H groups in total. The van der Waals surface area contributed by atoms with Crippen LogP contribution in [-0.2, 0) is 9.53 Å². The molecule has 0 aliphatic carbocycles. The maximum Gasteiger partial charge on any atom is 0.330 e. The first kappa shape index (κ1) is 13.9. The Morgan fingerprint density at radius 2 is 1.93 bits per heavy atom. The Kier molecular flexibility index (Phi) is 10.3. The molecule has 0 radical (unpaired) electrons. The fourth-order valence-electron chi connectivity index (χ4n) is 1.21. The molecule has 2 nitrogen and oxygen atoms in total. The van der Waals surface area contributed by atoms with Gasteiger partial charge in [0.05, 0.1) is 6.61 Å². The lowest BCUT2D eigenvalue weighted by molar-refractivity contribution is -0.137. The predicted octanol–water partition coefficient (Wildman–Crippen LogP) is 3.63. The van der Waals surface area contributed by atoms with Crippen molar-refractivity contribution in [3.63, 3.8) is 0 Å². The first-order valence-corrected chi connectivity index (χ1v) is 5.75. The number of hydrogen-bond acceptors (Lipinski definition) is 2. The van der Waals surface area contributed by atoms with Crippen LogP contribution in [0.5, 0.6) is 0 Å². The first-order chi connectivity index (χ1) is 7.31. The second-order valence-electron chi connectivity index (χ2n) is 3.48. The summed E-state index contributed by atoms with van der Waals surface area (Å²) in [5.74, 6) is -0.341. The molecule has 0 saturated heterocycles. The molecule has 0 aromatic heterocycles. The Morgan fingerprint density at radius 1 is 1.20 bits per heavy atom. The Hall–Kier alpha value is -1.05.